The number of nitrogens with one attached hydrogen (secondary N) is 2. The molecule has 1 aliphatic rings. The van der Waals surface area contributed by atoms with E-state index in [-0.39, 0.29) is 0 Å². The lowest BCUT2D eigenvalue weighted by atomic mass is 9.96. The van der Waals surface area contributed by atoms with E-state index in [4.69, 9.17) is 9.47 Å². The first-order valence-corrected chi connectivity index (χ1v) is 10.4. The molecule has 0 atom stereocenters. The number of methoxy groups -OCH3 is 1. The van der Waals surface area contributed by atoms with Crippen LogP contribution in [0.2, 0.25) is 0 Å². The summed E-state index contributed by atoms with van der Waals surface area (Å²) in [4.78, 5) is 25.5. The summed E-state index contributed by atoms with van der Waals surface area (Å²) in [5.74, 6) is -0.628. The lowest BCUT2D eigenvalue weighted by Crippen LogP contribution is -2.32. The summed E-state index contributed by atoms with van der Waals surface area (Å²) in [7, 11) is 1.52. The molecule has 0 unspecified atom stereocenters. The maximum atomic E-state index is 12.3. The Bertz CT molecular complexity index is 1020. The van der Waals surface area contributed by atoms with E-state index in [1.54, 1.807) is 18.2 Å². The molecule has 2 amide bonds. The van der Waals surface area contributed by atoms with Crippen LogP contribution in [0.5, 0.6) is 11.5 Å². The molecule has 0 spiro atoms. The van der Waals surface area contributed by atoms with Gasteiger partial charge in [0.2, 0.25) is 0 Å². The number of anilines is 1. The normalized spacial score (nSPS) is 12.7. The van der Waals surface area contributed by atoms with Crippen molar-refractivity contribution in [2.75, 3.05) is 19.0 Å². The number of hydrazone groups is 1. The predicted octanol–water partition coefficient (Wildman–Crippen LogP) is 2.99. The van der Waals surface area contributed by atoms with Crippen LogP contribution in [0.25, 0.3) is 0 Å². The van der Waals surface area contributed by atoms with Crippen molar-refractivity contribution in [3.8, 4) is 17.6 Å². The van der Waals surface area contributed by atoms with E-state index in [0.29, 0.717) is 34.2 Å². The summed E-state index contributed by atoms with van der Waals surface area (Å²) in [6.45, 7) is 2.38. The summed E-state index contributed by atoms with van der Waals surface area (Å²) in [5, 5.41) is 16.2. The van der Waals surface area contributed by atoms with Crippen LogP contribution in [-0.2, 0) is 22.4 Å². The molecule has 0 saturated heterocycles. The van der Waals surface area contributed by atoms with Crippen LogP contribution in [0.15, 0.2) is 23.3 Å². The highest BCUT2D eigenvalue weighted by atomic mass is 32.1. The fraction of sp³-hybridized carbons (Fsp3) is 0.333. The van der Waals surface area contributed by atoms with Crippen LogP contribution < -0.4 is 20.2 Å². The molecule has 1 heterocycles. The molecule has 3 rings (SSSR count). The highest BCUT2D eigenvalue weighted by Crippen LogP contribution is 2.37. The highest BCUT2D eigenvalue weighted by molar-refractivity contribution is 7.16. The van der Waals surface area contributed by atoms with Crippen molar-refractivity contribution < 1.29 is 19.1 Å². The third-order valence-electron chi connectivity index (χ3n) is 4.60. The summed E-state index contributed by atoms with van der Waals surface area (Å²) in [6, 6.07) is 7.35. The van der Waals surface area contributed by atoms with Gasteiger partial charge >= 0.3 is 11.8 Å². The second kappa shape index (κ2) is 9.89. The van der Waals surface area contributed by atoms with Gasteiger partial charge < -0.3 is 14.8 Å². The summed E-state index contributed by atoms with van der Waals surface area (Å²) in [5.41, 5.74) is 4.23. The molecule has 0 aliphatic heterocycles. The van der Waals surface area contributed by atoms with Crippen molar-refractivity contribution in [3.63, 3.8) is 0 Å². The minimum absolute atomic E-state index is 0.416. The van der Waals surface area contributed by atoms with Gasteiger partial charge in [0.1, 0.15) is 22.6 Å². The third kappa shape index (κ3) is 4.78. The molecular formula is C21H22N4O4S. The second-order valence-electron chi connectivity index (χ2n) is 6.52. The van der Waals surface area contributed by atoms with E-state index in [1.807, 2.05) is 6.92 Å². The number of hydrogen-bond donors (Lipinski definition) is 2. The smallest absolute Gasteiger partial charge is 0.329 e. The largest absolute Gasteiger partial charge is 0.496 e. The fourth-order valence-corrected chi connectivity index (χ4v) is 4.45. The molecule has 2 N–H and O–H groups in total. The summed E-state index contributed by atoms with van der Waals surface area (Å²) >= 11 is 1.36. The van der Waals surface area contributed by atoms with Gasteiger partial charge in [-0.1, -0.05) is 0 Å². The average Bonchev–Trinajstić information content (AvgIpc) is 3.11. The Morgan fingerprint density at radius 2 is 2.10 bits per heavy atom. The van der Waals surface area contributed by atoms with Crippen LogP contribution >= 0.6 is 11.3 Å². The van der Waals surface area contributed by atoms with Crippen molar-refractivity contribution in [2.45, 2.75) is 32.6 Å². The van der Waals surface area contributed by atoms with Crippen LogP contribution in [0, 0.1) is 11.3 Å². The second-order valence-corrected chi connectivity index (χ2v) is 7.62. The number of hydrogen-bond acceptors (Lipinski definition) is 7. The number of amides is 2. The molecule has 8 nitrogen and oxygen atoms in total. The van der Waals surface area contributed by atoms with Gasteiger partial charge in [0.05, 0.1) is 25.5 Å². The van der Waals surface area contributed by atoms with Crippen LogP contribution in [0.4, 0.5) is 5.00 Å². The molecule has 0 bridgehead atoms. The van der Waals surface area contributed by atoms with Crippen LogP contribution in [0.1, 0.15) is 41.3 Å². The Balaban J connectivity index is 1.66. The Kier molecular flexibility index (Phi) is 7.03. The number of aryl methyl sites for hydroxylation is 1. The molecule has 1 aromatic heterocycles. The minimum atomic E-state index is -0.929. The van der Waals surface area contributed by atoms with Crippen molar-refractivity contribution in [2.24, 2.45) is 5.10 Å². The number of carbonyl (C=O) groups is 2. The van der Waals surface area contributed by atoms with E-state index in [1.165, 1.54) is 24.7 Å². The van der Waals surface area contributed by atoms with E-state index in [2.05, 4.69) is 21.9 Å². The first-order valence-electron chi connectivity index (χ1n) is 9.57. The SMILES string of the molecule is CCOc1ccc(OC)c(/C=N\NC(=O)C(=O)Nc2sc3c(c2C#N)CCCC3)c1. The summed E-state index contributed by atoms with van der Waals surface area (Å²) < 4.78 is 10.7. The van der Waals surface area contributed by atoms with Gasteiger partial charge in [0.25, 0.3) is 0 Å². The zero-order chi connectivity index (χ0) is 21.5. The van der Waals surface area contributed by atoms with Gasteiger partial charge in [-0.3, -0.25) is 9.59 Å². The first-order chi connectivity index (χ1) is 14.6. The van der Waals surface area contributed by atoms with E-state index < -0.39 is 11.8 Å². The average molecular weight is 426 g/mol. The van der Waals surface area contributed by atoms with E-state index in [0.717, 1.165) is 36.1 Å². The number of rotatable bonds is 6. The standard InChI is InChI=1S/C21H22N4O4S/c1-3-29-14-8-9-17(28-2)13(10-14)12-23-25-20(27)19(26)24-21-16(11-22)15-6-4-5-7-18(15)30-21/h8-10,12H,3-7H2,1-2H3,(H,24,26)(H,25,27)/b23-12-. The van der Waals surface area contributed by atoms with Crippen LogP contribution in [-0.4, -0.2) is 31.7 Å². The van der Waals surface area contributed by atoms with E-state index in [9.17, 15) is 14.9 Å². The molecule has 156 valence electrons. The quantitative estimate of drug-likeness (QED) is 0.419. The van der Waals surface area contributed by atoms with Crippen molar-refractivity contribution >= 4 is 34.4 Å². The molecule has 30 heavy (non-hydrogen) atoms. The highest BCUT2D eigenvalue weighted by Gasteiger charge is 2.23. The maximum Gasteiger partial charge on any atom is 0.329 e. The number of benzene rings is 1. The van der Waals surface area contributed by atoms with Gasteiger partial charge in [-0.25, -0.2) is 5.43 Å². The van der Waals surface area contributed by atoms with Crippen molar-refractivity contribution in [3.05, 3.63) is 39.8 Å². The maximum absolute atomic E-state index is 12.3. The third-order valence-corrected chi connectivity index (χ3v) is 5.81. The molecule has 1 aliphatic carbocycles. The Hall–Kier alpha value is -3.38. The monoisotopic (exact) mass is 426 g/mol. The molecule has 0 fully saturated rings. The van der Waals surface area contributed by atoms with E-state index >= 15 is 0 Å². The Morgan fingerprint density at radius 3 is 2.83 bits per heavy atom. The van der Waals surface area contributed by atoms with Gasteiger partial charge in [-0.2, -0.15) is 10.4 Å². The van der Waals surface area contributed by atoms with Gasteiger partial charge in [0, 0.05) is 10.4 Å². The Labute approximate surface area is 178 Å². The number of ether oxygens (including phenoxy) is 2. The number of fused-ring (bicyclic) bond motifs is 1. The summed E-state index contributed by atoms with van der Waals surface area (Å²) in [6.07, 6.45) is 5.17. The predicted molar refractivity (Wildman–Crippen MR) is 114 cm³/mol. The van der Waals surface area contributed by atoms with Gasteiger partial charge in [-0.05, 0) is 56.4 Å². The number of thiophene rings is 1. The number of nitrogens with zero attached hydrogens (tertiary/aromatic N) is 2. The molecule has 2 aromatic rings. The lowest BCUT2D eigenvalue weighted by molar-refractivity contribution is -0.136. The minimum Gasteiger partial charge on any atom is -0.496 e. The molecule has 0 saturated carbocycles. The fourth-order valence-electron chi connectivity index (χ4n) is 3.21. The van der Waals surface area contributed by atoms with Gasteiger partial charge in [0.15, 0.2) is 0 Å². The lowest BCUT2D eigenvalue weighted by Gasteiger charge is -2.09. The topological polar surface area (TPSA) is 113 Å². The zero-order valence-electron chi connectivity index (χ0n) is 16.8. The first kappa shape index (κ1) is 21.3. The van der Waals surface area contributed by atoms with Crippen molar-refractivity contribution in [1.82, 2.24) is 5.43 Å². The zero-order valence-corrected chi connectivity index (χ0v) is 17.6. The number of nitriles is 1. The Morgan fingerprint density at radius 1 is 1.30 bits per heavy atom. The molecule has 1 aromatic carbocycles. The molecule has 9 heteroatoms. The molecular weight excluding hydrogens is 404 g/mol. The number of carbonyl (C=O) groups excluding carboxylic acids is 2. The van der Waals surface area contributed by atoms with Crippen molar-refractivity contribution in [1.29, 1.82) is 5.26 Å². The van der Waals surface area contributed by atoms with Crippen LogP contribution in [0.3, 0.4) is 0 Å². The molecule has 0 radical (unpaired) electrons. The van der Waals surface area contributed by atoms with Gasteiger partial charge in [-0.15, -0.1) is 11.3 Å².